The number of piperidine rings is 2. The van der Waals surface area contributed by atoms with Gasteiger partial charge in [-0.1, -0.05) is 37.1 Å². The van der Waals surface area contributed by atoms with Crippen LogP contribution < -0.4 is 18.9 Å². The molecular weight excluding hydrogens is 640 g/mol. The lowest BCUT2D eigenvalue weighted by Gasteiger charge is -2.32. The molecule has 0 spiro atoms. The number of rotatable bonds is 10. The lowest BCUT2D eigenvalue weighted by Crippen LogP contribution is -2.40. The number of benzene rings is 4. The van der Waals surface area contributed by atoms with Crippen LogP contribution in [0.5, 0.6) is 23.0 Å². The zero-order chi connectivity index (χ0) is 35.3. The highest BCUT2D eigenvalue weighted by Gasteiger charge is 2.31. The largest absolute Gasteiger partial charge is 0.497 e. The molecule has 2 aliphatic carbocycles. The topological polar surface area (TPSA) is 77.5 Å². The molecule has 0 saturated carbocycles. The Labute approximate surface area is 301 Å². The second-order valence-corrected chi connectivity index (χ2v) is 13.8. The number of methoxy groups -OCH3 is 2. The molecule has 8 heteroatoms. The molecule has 2 heterocycles. The van der Waals surface area contributed by atoms with Gasteiger partial charge in [-0.3, -0.25) is 19.4 Å². The van der Waals surface area contributed by atoms with Crippen LogP contribution in [-0.4, -0.2) is 87.6 Å². The van der Waals surface area contributed by atoms with Gasteiger partial charge >= 0.3 is 0 Å². The Hall–Kier alpha value is -4.66. The molecule has 51 heavy (non-hydrogen) atoms. The summed E-state index contributed by atoms with van der Waals surface area (Å²) < 4.78 is 22.8. The number of nitrogens with zero attached hydrogens (tertiary/aromatic N) is 2. The van der Waals surface area contributed by atoms with Crippen molar-refractivity contribution in [2.75, 3.05) is 60.2 Å². The van der Waals surface area contributed by atoms with E-state index in [1.54, 1.807) is 14.2 Å². The van der Waals surface area contributed by atoms with Crippen LogP contribution in [0.2, 0.25) is 0 Å². The molecule has 4 aliphatic rings. The Morgan fingerprint density at radius 1 is 0.588 bits per heavy atom. The molecule has 8 rings (SSSR count). The minimum atomic E-state index is 0.0448. The van der Waals surface area contributed by atoms with Crippen LogP contribution in [-0.2, 0) is 0 Å². The molecule has 0 radical (unpaired) electrons. The summed E-state index contributed by atoms with van der Waals surface area (Å²) in [6.45, 7) is 9.07. The average molecular weight is 689 g/mol. The van der Waals surface area contributed by atoms with Crippen LogP contribution in [0, 0.1) is 0 Å². The van der Waals surface area contributed by atoms with Gasteiger partial charge in [-0.15, -0.1) is 0 Å². The molecule has 1 unspecified atom stereocenters. The van der Waals surface area contributed by atoms with E-state index in [0.717, 1.165) is 77.6 Å². The maximum absolute atomic E-state index is 12.8. The summed E-state index contributed by atoms with van der Waals surface area (Å²) in [6.07, 6.45) is 7.78. The van der Waals surface area contributed by atoms with Crippen molar-refractivity contribution in [3.05, 3.63) is 95.1 Å². The molecule has 8 nitrogen and oxygen atoms in total. The third-order valence-corrected chi connectivity index (χ3v) is 10.6. The second-order valence-electron chi connectivity index (χ2n) is 13.8. The monoisotopic (exact) mass is 688 g/mol. The molecule has 0 aromatic heterocycles. The van der Waals surface area contributed by atoms with E-state index >= 15 is 0 Å². The van der Waals surface area contributed by atoms with Gasteiger partial charge in [0.15, 0.2) is 11.6 Å². The summed E-state index contributed by atoms with van der Waals surface area (Å²) in [4.78, 5) is 30.4. The van der Waals surface area contributed by atoms with Gasteiger partial charge in [-0.2, -0.15) is 0 Å². The first kappa shape index (κ1) is 34.8. The smallest absolute Gasteiger partial charge is 0.194 e. The van der Waals surface area contributed by atoms with Crippen molar-refractivity contribution >= 4 is 11.6 Å². The minimum absolute atomic E-state index is 0.0448. The van der Waals surface area contributed by atoms with Crippen LogP contribution in [0.25, 0.3) is 22.3 Å². The molecular formula is C43H48N2O6. The first-order chi connectivity index (χ1) is 25.0. The van der Waals surface area contributed by atoms with Gasteiger partial charge < -0.3 is 18.9 Å². The van der Waals surface area contributed by atoms with Crippen molar-refractivity contribution in [3.63, 3.8) is 0 Å². The number of ether oxygens (including phenoxy) is 4. The number of hydrogen-bond donors (Lipinski definition) is 0. The van der Waals surface area contributed by atoms with Gasteiger partial charge in [-0.05, 0) is 118 Å². The van der Waals surface area contributed by atoms with E-state index in [0.29, 0.717) is 41.9 Å². The molecule has 4 aromatic carbocycles. The number of carbonyl (C=O) groups excluding carboxylic acids is 2. The van der Waals surface area contributed by atoms with Crippen LogP contribution >= 0.6 is 0 Å². The van der Waals surface area contributed by atoms with Crippen LogP contribution in [0.15, 0.2) is 72.8 Å². The van der Waals surface area contributed by atoms with E-state index in [9.17, 15) is 9.59 Å². The van der Waals surface area contributed by atoms with Gasteiger partial charge in [0, 0.05) is 46.0 Å². The standard InChI is InChI=1S/C22H25NO3.C21H23NO3/c1-15(23-11-4-3-5-12-23)14-26-20-8-6-7-18-21(20)17-10-9-16(25-2)13-19(17)22(18)24;1-24-15-8-9-16-18(14-15)21(23)17-6-5-7-19(20(16)17)25-13-12-22-10-3-2-4-11-22/h6-10,13,15H,3-5,11-12,14H2,1-2H3;5-9,14H,2-4,10-13H2,1H3. The molecule has 0 amide bonds. The first-order valence-electron chi connectivity index (χ1n) is 18.4. The predicted octanol–water partition coefficient (Wildman–Crippen LogP) is 7.93. The zero-order valence-electron chi connectivity index (χ0n) is 30.0. The van der Waals surface area contributed by atoms with Crippen molar-refractivity contribution < 1.29 is 28.5 Å². The highest BCUT2D eigenvalue weighted by molar-refractivity contribution is 6.23. The van der Waals surface area contributed by atoms with Gasteiger partial charge in [0.2, 0.25) is 0 Å². The van der Waals surface area contributed by atoms with Crippen LogP contribution in [0.3, 0.4) is 0 Å². The molecule has 2 fully saturated rings. The maximum atomic E-state index is 12.8. The number of fused-ring (bicyclic) bond motifs is 6. The van der Waals surface area contributed by atoms with Gasteiger partial charge in [0.25, 0.3) is 0 Å². The Bertz CT molecular complexity index is 1890. The molecule has 1 atom stereocenters. The van der Waals surface area contributed by atoms with E-state index in [2.05, 4.69) is 16.7 Å². The first-order valence-corrected chi connectivity index (χ1v) is 18.4. The SMILES string of the molecule is COc1ccc2c(c1)C(=O)c1cccc(OCC(C)N3CCCCC3)c1-2.COc1ccc2c(c1)C(=O)c1cccc(OCCN3CCCCC3)c1-2. The quantitative estimate of drug-likeness (QED) is 0.144. The third kappa shape index (κ3) is 7.26. The summed E-state index contributed by atoms with van der Waals surface area (Å²) in [5.74, 6) is 3.09. The summed E-state index contributed by atoms with van der Waals surface area (Å²) in [5.41, 5.74) is 6.54. The third-order valence-electron chi connectivity index (χ3n) is 10.6. The number of carbonyl (C=O) groups is 2. The average Bonchev–Trinajstić information content (AvgIpc) is 3.64. The normalized spacial score (nSPS) is 17.0. The van der Waals surface area contributed by atoms with E-state index in [-0.39, 0.29) is 11.6 Å². The molecule has 2 saturated heterocycles. The Morgan fingerprint density at radius 2 is 1.10 bits per heavy atom. The minimum Gasteiger partial charge on any atom is -0.497 e. The molecule has 266 valence electrons. The summed E-state index contributed by atoms with van der Waals surface area (Å²) in [5, 5.41) is 0. The van der Waals surface area contributed by atoms with Crippen molar-refractivity contribution in [1.29, 1.82) is 0 Å². The summed E-state index contributed by atoms with van der Waals surface area (Å²) >= 11 is 0. The molecule has 0 bridgehead atoms. The highest BCUT2D eigenvalue weighted by atomic mass is 16.5. The van der Waals surface area contributed by atoms with Crippen LogP contribution in [0.4, 0.5) is 0 Å². The molecule has 0 N–H and O–H groups in total. The fourth-order valence-electron chi connectivity index (χ4n) is 7.78. The second kappa shape index (κ2) is 15.7. The van der Waals surface area contributed by atoms with Gasteiger partial charge in [0.1, 0.15) is 36.2 Å². The predicted molar refractivity (Wildman–Crippen MR) is 200 cm³/mol. The maximum Gasteiger partial charge on any atom is 0.194 e. The Balaban J connectivity index is 0.000000159. The van der Waals surface area contributed by atoms with Gasteiger partial charge in [-0.25, -0.2) is 0 Å². The molecule has 4 aromatic rings. The Kier molecular flexibility index (Phi) is 10.7. The fraction of sp³-hybridized carbons (Fsp3) is 0.395. The lowest BCUT2D eigenvalue weighted by molar-refractivity contribution is 0.103. The van der Waals surface area contributed by atoms with Crippen molar-refractivity contribution in [3.8, 4) is 45.3 Å². The fourth-order valence-corrected chi connectivity index (χ4v) is 7.78. The Morgan fingerprint density at radius 3 is 1.63 bits per heavy atom. The van der Waals surface area contributed by atoms with Gasteiger partial charge in [0.05, 0.1) is 14.2 Å². The number of likely N-dealkylation sites (tertiary alicyclic amines) is 2. The van der Waals surface area contributed by atoms with Crippen molar-refractivity contribution in [2.24, 2.45) is 0 Å². The van der Waals surface area contributed by atoms with Crippen molar-refractivity contribution in [1.82, 2.24) is 9.80 Å². The van der Waals surface area contributed by atoms with E-state index < -0.39 is 0 Å². The van der Waals surface area contributed by atoms with Crippen LogP contribution in [0.1, 0.15) is 77.3 Å². The highest BCUT2D eigenvalue weighted by Crippen LogP contribution is 2.45. The molecule has 2 aliphatic heterocycles. The van der Waals surface area contributed by atoms with E-state index in [1.165, 1.54) is 38.5 Å². The number of hydrogen-bond acceptors (Lipinski definition) is 8. The zero-order valence-corrected chi connectivity index (χ0v) is 30.0. The summed E-state index contributed by atoms with van der Waals surface area (Å²) in [6, 6.07) is 23.2. The van der Waals surface area contributed by atoms with E-state index in [4.69, 9.17) is 18.9 Å². The lowest BCUT2D eigenvalue weighted by atomic mass is 10.0. The van der Waals surface area contributed by atoms with Crippen molar-refractivity contribution in [2.45, 2.75) is 51.5 Å². The number of ketones is 2. The summed E-state index contributed by atoms with van der Waals surface area (Å²) in [7, 11) is 3.23. The van der Waals surface area contributed by atoms with E-state index in [1.807, 2.05) is 72.8 Å².